The maximum Gasteiger partial charge on any atom is 0.252 e. The first-order chi connectivity index (χ1) is 11.9. The lowest BCUT2D eigenvalue weighted by molar-refractivity contribution is -0.117. The van der Waals surface area contributed by atoms with Gasteiger partial charge in [0.25, 0.3) is 5.91 Å². The van der Waals surface area contributed by atoms with Crippen LogP contribution in [0.4, 0.5) is 5.69 Å². The molecule has 0 radical (unpaired) electrons. The molecule has 0 fully saturated rings. The fraction of sp³-hybridized carbons (Fsp3) is 0.263. The van der Waals surface area contributed by atoms with Crippen molar-refractivity contribution in [3.8, 4) is 0 Å². The number of rotatable bonds is 6. The number of hydrogen-bond acceptors (Lipinski definition) is 3. The molecule has 1 unspecified atom stereocenters. The SMILES string of the molecule is CCCNC(=O)c1ccc(NC(=O)C(N)c2ccc(C)cc2)cc1Cl. The van der Waals surface area contributed by atoms with Crippen molar-refractivity contribution in [2.45, 2.75) is 26.3 Å². The number of hydrogen-bond donors (Lipinski definition) is 3. The third-order valence-electron chi connectivity index (χ3n) is 3.74. The summed E-state index contributed by atoms with van der Waals surface area (Å²) in [7, 11) is 0. The number of nitrogens with one attached hydrogen (secondary N) is 2. The second-order valence-electron chi connectivity index (χ2n) is 5.83. The Morgan fingerprint density at radius 3 is 2.44 bits per heavy atom. The molecule has 0 bridgehead atoms. The number of anilines is 1. The Balaban J connectivity index is 2.07. The highest BCUT2D eigenvalue weighted by Gasteiger charge is 2.17. The average Bonchev–Trinajstić information content (AvgIpc) is 2.59. The summed E-state index contributed by atoms with van der Waals surface area (Å²) in [5, 5.41) is 5.76. The van der Waals surface area contributed by atoms with Crippen LogP contribution in [0.2, 0.25) is 5.02 Å². The zero-order chi connectivity index (χ0) is 18.4. The summed E-state index contributed by atoms with van der Waals surface area (Å²) in [5.41, 5.74) is 8.68. The van der Waals surface area contributed by atoms with E-state index < -0.39 is 6.04 Å². The fourth-order valence-corrected chi connectivity index (χ4v) is 2.52. The van der Waals surface area contributed by atoms with Crippen LogP contribution in [0.5, 0.6) is 0 Å². The van der Waals surface area contributed by atoms with Crippen LogP contribution < -0.4 is 16.4 Å². The Labute approximate surface area is 152 Å². The molecule has 6 heteroatoms. The summed E-state index contributed by atoms with van der Waals surface area (Å²) in [6.45, 7) is 4.52. The van der Waals surface area contributed by atoms with Gasteiger partial charge >= 0.3 is 0 Å². The van der Waals surface area contributed by atoms with E-state index in [9.17, 15) is 9.59 Å². The molecule has 0 aliphatic rings. The number of amides is 2. The Morgan fingerprint density at radius 1 is 1.16 bits per heavy atom. The van der Waals surface area contributed by atoms with Crippen molar-refractivity contribution in [2.75, 3.05) is 11.9 Å². The third-order valence-corrected chi connectivity index (χ3v) is 4.05. The van der Waals surface area contributed by atoms with Gasteiger partial charge in [0.1, 0.15) is 6.04 Å². The minimum Gasteiger partial charge on any atom is -0.352 e. The van der Waals surface area contributed by atoms with Gasteiger partial charge in [-0.2, -0.15) is 0 Å². The standard InChI is InChI=1S/C19H22ClN3O2/c1-3-10-22-18(24)15-9-8-14(11-16(15)20)23-19(25)17(21)13-6-4-12(2)5-7-13/h4-9,11,17H,3,10,21H2,1-2H3,(H,22,24)(H,23,25). The molecule has 0 aliphatic heterocycles. The van der Waals surface area contributed by atoms with Crippen molar-refractivity contribution >= 4 is 29.1 Å². The molecule has 2 aromatic carbocycles. The van der Waals surface area contributed by atoms with E-state index in [0.29, 0.717) is 17.8 Å². The van der Waals surface area contributed by atoms with E-state index in [0.717, 1.165) is 17.5 Å². The number of halogens is 1. The van der Waals surface area contributed by atoms with Crippen LogP contribution in [0.15, 0.2) is 42.5 Å². The van der Waals surface area contributed by atoms with Crippen LogP contribution in [0, 0.1) is 6.92 Å². The Hall–Kier alpha value is -2.37. The van der Waals surface area contributed by atoms with Gasteiger partial charge in [-0.25, -0.2) is 0 Å². The molecule has 0 aromatic heterocycles. The molecule has 0 spiro atoms. The predicted octanol–water partition coefficient (Wildman–Crippen LogP) is 3.43. The molecule has 5 nitrogen and oxygen atoms in total. The van der Waals surface area contributed by atoms with E-state index in [1.165, 1.54) is 0 Å². The highest BCUT2D eigenvalue weighted by molar-refractivity contribution is 6.34. The van der Waals surface area contributed by atoms with E-state index in [1.54, 1.807) is 18.2 Å². The molecule has 1 atom stereocenters. The number of carbonyl (C=O) groups is 2. The molecular formula is C19H22ClN3O2. The first-order valence-electron chi connectivity index (χ1n) is 8.13. The van der Waals surface area contributed by atoms with Gasteiger partial charge in [0.15, 0.2) is 0 Å². The Kier molecular flexibility index (Phi) is 6.56. The van der Waals surface area contributed by atoms with E-state index in [1.807, 2.05) is 38.1 Å². The third kappa shape index (κ3) is 5.05. The molecule has 0 aliphatic carbocycles. The van der Waals surface area contributed by atoms with Crippen molar-refractivity contribution < 1.29 is 9.59 Å². The lowest BCUT2D eigenvalue weighted by atomic mass is 10.1. The lowest BCUT2D eigenvalue weighted by Crippen LogP contribution is -2.28. The molecule has 2 rings (SSSR count). The van der Waals surface area contributed by atoms with Gasteiger partial charge in [-0.1, -0.05) is 48.4 Å². The topological polar surface area (TPSA) is 84.2 Å². The summed E-state index contributed by atoms with van der Waals surface area (Å²) >= 11 is 6.16. The zero-order valence-electron chi connectivity index (χ0n) is 14.3. The fourth-order valence-electron chi connectivity index (χ4n) is 2.26. The molecule has 25 heavy (non-hydrogen) atoms. The van der Waals surface area contributed by atoms with Crippen molar-refractivity contribution in [3.63, 3.8) is 0 Å². The predicted molar refractivity (Wildman–Crippen MR) is 101 cm³/mol. The molecule has 2 aromatic rings. The van der Waals surface area contributed by atoms with Crippen molar-refractivity contribution in [1.82, 2.24) is 5.32 Å². The van der Waals surface area contributed by atoms with E-state index in [2.05, 4.69) is 10.6 Å². The van der Waals surface area contributed by atoms with Crippen LogP contribution in [-0.4, -0.2) is 18.4 Å². The second-order valence-corrected chi connectivity index (χ2v) is 6.24. The van der Waals surface area contributed by atoms with Crippen LogP contribution >= 0.6 is 11.6 Å². The minimum atomic E-state index is -0.785. The molecule has 2 amide bonds. The maximum atomic E-state index is 12.3. The molecular weight excluding hydrogens is 338 g/mol. The van der Waals surface area contributed by atoms with Gasteiger partial charge in [-0.3, -0.25) is 9.59 Å². The highest BCUT2D eigenvalue weighted by Crippen LogP contribution is 2.22. The van der Waals surface area contributed by atoms with Crippen LogP contribution in [-0.2, 0) is 4.79 Å². The number of benzene rings is 2. The van der Waals surface area contributed by atoms with Gasteiger partial charge in [0.2, 0.25) is 5.91 Å². The number of nitrogens with two attached hydrogens (primary N) is 1. The largest absolute Gasteiger partial charge is 0.352 e. The molecule has 0 saturated carbocycles. The Morgan fingerprint density at radius 2 is 1.84 bits per heavy atom. The highest BCUT2D eigenvalue weighted by atomic mass is 35.5. The monoisotopic (exact) mass is 359 g/mol. The summed E-state index contributed by atoms with van der Waals surface area (Å²) in [6.07, 6.45) is 0.842. The number of aryl methyl sites for hydroxylation is 1. The smallest absolute Gasteiger partial charge is 0.252 e. The first kappa shape index (κ1) is 19.0. The molecule has 0 heterocycles. The summed E-state index contributed by atoms with van der Waals surface area (Å²) in [6, 6.07) is 11.4. The van der Waals surface area contributed by atoms with Gasteiger partial charge in [-0.15, -0.1) is 0 Å². The van der Waals surface area contributed by atoms with E-state index >= 15 is 0 Å². The van der Waals surface area contributed by atoms with Crippen molar-refractivity contribution in [1.29, 1.82) is 0 Å². The summed E-state index contributed by atoms with van der Waals surface area (Å²) in [5.74, 6) is -0.579. The van der Waals surface area contributed by atoms with Gasteiger partial charge in [0, 0.05) is 12.2 Å². The van der Waals surface area contributed by atoms with Gasteiger partial charge in [0.05, 0.1) is 10.6 Å². The van der Waals surface area contributed by atoms with Gasteiger partial charge in [-0.05, 0) is 37.1 Å². The van der Waals surface area contributed by atoms with Gasteiger partial charge < -0.3 is 16.4 Å². The second kappa shape index (κ2) is 8.65. The van der Waals surface area contributed by atoms with Crippen LogP contribution in [0.3, 0.4) is 0 Å². The molecule has 132 valence electrons. The zero-order valence-corrected chi connectivity index (χ0v) is 15.1. The average molecular weight is 360 g/mol. The summed E-state index contributed by atoms with van der Waals surface area (Å²) < 4.78 is 0. The quantitative estimate of drug-likeness (QED) is 0.738. The Bertz CT molecular complexity index is 760. The van der Waals surface area contributed by atoms with E-state index in [-0.39, 0.29) is 16.8 Å². The molecule has 4 N–H and O–H groups in total. The van der Waals surface area contributed by atoms with Crippen molar-refractivity contribution in [2.24, 2.45) is 5.73 Å². The van der Waals surface area contributed by atoms with Crippen LogP contribution in [0.25, 0.3) is 0 Å². The van der Waals surface area contributed by atoms with E-state index in [4.69, 9.17) is 17.3 Å². The summed E-state index contributed by atoms with van der Waals surface area (Å²) in [4.78, 5) is 24.3. The lowest BCUT2D eigenvalue weighted by Gasteiger charge is -2.14. The minimum absolute atomic E-state index is 0.235. The van der Waals surface area contributed by atoms with Crippen LogP contribution in [0.1, 0.15) is 40.9 Å². The molecule has 0 saturated heterocycles. The first-order valence-corrected chi connectivity index (χ1v) is 8.51. The normalized spacial score (nSPS) is 11.7. The maximum absolute atomic E-state index is 12.3. The van der Waals surface area contributed by atoms with Crippen molar-refractivity contribution in [3.05, 3.63) is 64.2 Å². The number of carbonyl (C=O) groups excluding carboxylic acids is 2.